The van der Waals surface area contributed by atoms with E-state index in [9.17, 15) is 14.0 Å². The minimum atomic E-state index is -0.500. The molecule has 0 saturated carbocycles. The third-order valence-corrected chi connectivity index (χ3v) is 4.21. The fourth-order valence-corrected chi connectivity index (χ4v) is 3.16. The van der Waals surface area contributed by atoms with Crippen LogP contribution in [0.2, 0.25) is 0 Å². The van der Waals surface area contributed by atoms with Crippen LogP contribution in [0.15, 0.2) is 18.2 Å². The maximum Gasteiger partial charge on any atom is 0.257 e. The fraction of sp³-hybridized carbons (Fsp3) is 0.467. The second-order valence-electron chi connectivity index (χ2n) is 5.54. The van der Waals surface area contributed by atoms with Gasteiger partial charge in [-0.25, -0.2) is 4.39 Å². The molecule has 0 aliphatic carbocycles. The van der Waals surface area contributed by atoms with Crippen LogP contribution in [-0.4, -0.2) is 35.8 Å². The second kappa shape index (κ2) is 4.89. The number of likely N-dealkylation sites (tertiary alicyclic amines) is 1. The zero-order valence-corrected chi connectivity index (χ0v) is 11.4. The van der Waals surface area contributed by atoms with E-state index >= 15 is 0 Å². The lowest BCUT2D eigenvalue weighted by Crippen LogP contribution is -2.48. The highest BCUT2D eigenvalue weighted by Gasteiger charge is 2.43. The summed E-state index contributed by atoms with van der Waals surface area (Å²) in [5.41, 5.74) is 0.953. The van der Waals surface area contributed by atoms with Crippen LogP contribution in [-0.2, 0) is 4.79 Å². The summed E-state index contributed by atoms with van der Waals surface area (Å²) in [4.78, 5) is 25.9. The third kappa shape index (κ3) is 2.07. The van der Waals surface area contributed by atoms with Gasteiger partial charge in [-0.15, -0.1) is 0 Å². The number of carbonyl (C=O) groups is 2. The van der Waals surface area contributed by atoms with Crippen LogP contribution in [0, 0.1) is 18.7 Å². The molecule has 1 aromatic rings. The third-order valence-electron chi connectivity index (χ3n) is 4.21. The van der Waals surface area contributed by atoms with Crippen LogP contribution in [0.3, 0.4) is 0 Å². The molecule has 106 valence electrons. The SMILES string of the molecule is Cc1ccc(F)c(C(=O)N2CCCC3C(=O)NCC32)c1. The van der Waals surface area contributed by atoms with Gasteiger partial charge in [0.05, 0.1) is 17.5 Å². The Balaban J connectivity index is 1.90. The quantitative estimate of drug-likeness (QED) is 0.844. The first-order chi connectivity index (χ1) is 9.58. The number of halogens is 1. The molecule has 20 heavy (non-hydrogen) atoms. The number of carbonyl (C=O) groups excluding carboxylic acids is 2. The highest BCUT2D eigenvalue weighted by Crippen LogP contribution is 2.29. The Labute approximate surface area is 117 Å². The second-order valence-corrected chi connectivity index (χ2v) is 5.54. The minimum Gasteiger partial charge on any atom is -0.354 e. The van der Waals surface area contributed by atoms with Crippen molar-refractivity contribution in [3.05, 3.63) is 35.1 Å². The van der Waals surface area contributed by atoms with E-state index in [1.807, 2.05) is 6.92 Å². The van der Waals surface area contributed by atoms with Crippen LogP contribution in [0.4, 0.5) is 4.39 Å². The van der Waals surface area contributed by atoms with Crippen molar-refractivity contribution >= 4 is 11.8 Å². The summed E-state index contributed by atoms with van der Waals surface area (Å²) in [6, 6.07) is 4.41. The van der Waals surface area contributed by atoms with E-state index in [0.717, 1.165) is 18.4 Å². The Morgan fingerprint density at radius 2 is 2.25 bits per heavy atom. The number of fused-ring (bicyclic) bond motifs is 1. The van der Waals surface area contributed by atoms with Gasteiger partial charge in [0.25, 0.3) is 5.91 Å². The molecule has 2 aliphatic heterocycles. The van der Waals surface area contributed by atoms with Gasteiger partial charge in [0.1, 0.15) is 5.82 Å². The topological polar surface area (TPSA) is 49.4 Å². The monoisotopic (exact) mass is 276 g/mol. The van der Waals surface area contributed by atoms with E-state index in [1.54, 1.807) is 17.0 Å². The van der Waals surface area contributed by atoms with Crippen molar-refractivity contribution in [1.82, 2.24) is 10.2 Å². The summed E-state index contributed by atoms with van der Waals surface area (Å²) in [5, 5.41) is 2.80. The summed E-state index contributed by atoms with van der Waals surface area (Å²) < 4.78 is 13.9. The summed E-state index contributed by atoms with van der Waals surface area (Å²) in [5.74, 6) is -0.935. The zero-order valence-electron chi connectivity index (χ0n) is 11.4. The summed E-state index contributed by atoms with van der Waals surface area (Å²) in [6.07, 6.45) is 1.59. The minimum absolute atomic E-state index is 0.0113. The largest absolute Gasteiger partial charge is 0.354 e. The smallest absolute Gasteiger partial charge is 0.257 e. The Bertz CT molecular complexity index is 573. The van der Waals surface area contributed by atoms with Crippen LogP contribution in [0.5, 0.6) is 0 Å². The molecule has 0 bridgehead atoms. The lowest BCUT2D eigenvalue weighted by atomic mass is 9.91. The van der Waals surface area contributed by atoms with Gasteiger partial charge in [0.2, 0.25) is 5.91 Å². The standard InChI is InChI=1S/C15H17FN2O2/c1-9-4-5-12(16)11(7-9)15(20)18-6-2-3-10-13(18)8-17-14(10)19/h4-5,7,10,13H,2-3,6,8H2,1H3,(H,17,19). The van der Waals surface area contributed by atoms with Crippen molar-refractivity contribution < 1.29 is 14.0 Å². The summed E-state index contributed by atoms with van der Waals surface area (Å²) in [7, 11) is 0. The van der Waals surface area contributed by atoms with Crippen molar-refractivity contribution in [1.29, 1.82) is 0 Å². The number of nitrogens with zero attached hydrogens (tertiary/aromatic N) is 1. The Morgan fingerprint density at radius 1 is 1.45 bits per heavy atom. The average Bonchev–Trinajstić information content (AvgIpc) is 2.83. The van der Waals surface area contributed by atoms with Crippen LogP contribution < -0.4 is 5.32 Å². The predicted octanol–water partition coefficient (Wildman–Crippen LogP) is 1.48. The van der Waals surface area contributed by atoms with Gasteiger partial charge in [0.15, 0.2) is 0 Å². The average molecular weight is 276 g/mol. The number of piperidine rings is 1. The fourth-order valence-electron chi connectivity index (χ4n) is 3.16. The van der Waals surface area contributed by atoms with Crippen molar-refractivity contribution in [2.24, 2.45) is 5.92 Å². The number of hydrogen-bond acceptors (Lipinski definition) is 2. The first-order valence-electron chi connectivity index (χ1n) is 6.93. The summed E-state index contributed by atoms with van der Waals surface area (Å²) in [6.45, 7) is 2.89. The van der Waals surface area contributed by atoms with Crippen LogP contribution >= 0.6 is 0 Å². The van der Waals surface area contributed by atoms with Gasteiger partial charge in [0, 0.05) is 13.1 Å². The number of hydrogen-bond donors (Lipinski definition) is 1. The van der Waals surface area contributed by atoms with E-state index in [4.69, 9.17) is 0 Å². The first-order valence-corrected chi connectivity index (χ1v) is 6.93. The number of amides is 2. The molecule has 2 atom stereocenters. The molecule has 2 aliphatic rings. The van der Waals surface area contributed by atoms with Gasteiger partial charge < -0.3 is 10.2 Å². The zero-order chi connectivity index (χ0) is 14.3. The molecule has 0 radical (unpaired) electrons. The molecule has 4 nitrogen and oxygen atoms in total. The Morgan fingerprint density at radius 3 is 3.05 bits per heavy atom. The van der Waals surface area contributed by atoms with Gasteiger partial charge >= 0.3 is 0 Å². The first kappa shape index (κ1) is 13.1. The van der Waals surface area contributed by atoms with Gasteiger partial charge in [-0.2, -0.15) is 0 Å². The number of benzene rings is 1. The molecule has 2 amide bonds. The van der Waals surface area contributed by atoms with E-state index in [2.05, 4.69) is 5.32 Å². The predicted molar refractivity (Wildman–Crippen MR) is 71.7 cm³/mol. The molecule has 0 spiro atoms. The lowest BCUT2D eigenvalue weighted by molar-refractivity contribution is -0.123. The molecule has 1 N–H and O–H groups in total. The Hall–Kier alpha value is -1.91. The van der Waals surface area contributed by atoms with Crippen LogP contribution in [0.1, 0.15) is 28.8 Å². The van der Waals surface area contributed by atoms with E-state index in [-0.39, 0.29) is 29.3 Å². The number of rotatable bonds is 1. The molecule has 3 rings (SSSR count). The number of nitrogens with one attached hydrogen (secondary N) is 1. The van der Waals surface area contributed by atoms with Gasteiger partial charge in [-0.3, -0.25) is 9.59 Å². The van der Waals surface area contributed by atoms with E-state index in [0.29, 0.717) is 13.1 Å². The van der Waals surface area contributed by atoms with Gasteiger partial charge in [-0.05, 0) is 31.9 Å². The van der Waals surface area contributed by atoms with Crippen molar-refractivity contribution in [3.63, 3.8) is 0 Å². The summed E-state index contributed by atoms with van der Waals surface area (Å²) >= 11 is 0. The normalized spacial score (nSPS) is 25.3. The van der Waals surface area contributed by atoms with E-state index < -0.39 is 5.82 Å². The number of aryl methyl sites for hydroxylation is 1. The molecular formula is C15H17FN2O2. The molecular weight excluding hydrogens is 259 g/mol. The van der Waals surface area contributed by atoms with E-state index in [1.165, 1.54) is 6.07 Å². The maximum atomic E-state index is 13.9. The van der Waals surface area contributed by atoms with Crippen LogP contribution in [0.25, 0.3) is 0 Å². The molecule has 0 aromatic heterocycles. The molecule has 5 heteroatoms. The molecule has 2 unspecified atom stereocenters. The van der Waals surface area contributed by atoms with Crippen molar-refractivity contribution in [2.45, 2.75) is 25.8 Å². The lowest BCUT2D eigenvalue weighted by Gasteiger charge is -2.36. The highest BCUT2D eigenvalue weighted by molar-refractivity contribution is 5.96. The molecule has 2 heterocycles. The Kier molecular flexibility index (Phi) is 3.20. The maximum absolute atomic E-state index is 13.9. The van der Waals surface area contributed by atoms with Gasteiger partial charge in [-0.1, -0.05) is 11.6 Å². The van der Waals surface area contributed by atoms with Crippen molar-refractivity contribution in [2.75, 3.05) is 13.1 Å². The molecule has 2 fully saturated rings. The highest BCUT2D eigenvalue weighted by atomic mass is 19.1. The molecule has 2 saturated heterocycles. The molecule has 1 aromatic carbocycles. The van der Waals surface area contributed by atoms with Crippen molar-refractivity contribution in [3.8, 4) is 0 Å².